The third-order valence-electron chi connectivity index (χ3n) is 11.2. The molecule has 0 saturated heterocycles. The molecule has 0 aliphatic carbocycles. The van der Waals surface area contributed by atoms with Crippen molar-refractivity contribution >= 4 is 17.9 Å². The van der Waals surface area contributed by atoms with Crippen LogP contribution in [0.4, 0.5) is 0 Å². The highest BCUT2D eigenvalue weighted by Gasteiger charge is 2.19. The number of rotatable bonds is 46. The second-order valence-corrected chi connectivity index (χ2v) is 17.1. The zero-order valence-electron chi connectivity index (χ0n) is 38.8. The van der Waals surface area contributed by atoms with Crippen molar-refractivity contribution < 1.29 is 28.6 Å². The molecule has 0 spiro atoms. The Labute approximate surface area is 360 Å². The summed E-state index contributed by atoms with van der Waals surface area (Å²) < 4.78 is 16.8. The minimum Gasteiger partial charge on any atom is -0.462 e. The molecule has 0 aliphatic heterocycles. The van der Waals surface area contributed by atoms with Crippen molar-refractivity contribution in [3.8, 4) is 0 Å². The first kappa shape index (κ1) is 55.9. The van der Waals surface area contributed by atoms with Crippen molar-refractivity contribution in [2.75, 3.05) is 13.2 Å². The first-order valence-corrected chi connectivity index (χ1v) is 25.3. The minimum atomic E-state index is -0.771. The molecule has 0 radical (unpaired) electrons. The van der Waals surface area contributed by atoms with Crippen LogP contribution in [0.15, 0.2) is 24.3 Å². The fourth-order valence-corrected chi connectivity index (χ4v) is 7.31. The summed E-state index contributed by atoms with van der Waals surface area (Å²) in [5, 5.41) is 0. The minimum absolute atomic E-state index is 0.0728. The monoisotopic (exact) mass is 817 g/mol. The van der Waals surface area contributed by atoms with E-state index in [0.29, 0.717) is 19.3 Å². The summed E-state index contributed by atoms with van der Waals surface area (Å²) in [5.41, 5.74) is 0. The number of unbranched alkanes of at least 4 members (excludes halogenated alkanes) is 31. The lowest BCUT2D eigenvalue weighted by molar-refractivity contribution is -0.167. The molecule has 0 rings (SSSR count). The normalized spacial score (nSPS) is 12.1. The van der Waals surface area contributed by atoms with Gasteiger partial charge in [0.05, 0.1) is 0 Å². The smallest absolute Gasteiger partial charge is 0.306 e. The highest BCUT2D eigenvalue weighted by Crippen LogP contribution is 2.15. The number of hydrogen-bond donors (Lipinski definition) is 0. The Morgan fingerprint density at radius 2 is 0.569 bits per heavy atom. The van der Waals surface area contributed by atoms with Gasteiger partial charge in [-0.25, -0.2) is 0 Å². The molecule has 1 unspecified atom stereocenters. The largest absolute Gasteiger partial charge is 0.462 e. The Kier molecular flexibility index (Phi) is 45.8. The molecule has 0 N–H and O–H groups in total. The molecule has 340 valence electrons. The molecule has 0 bridgehead atoms. The molecular formula is C52H96O6. The fraction of sp³-hybridized carbons (Fsp3) is 0.865. The van der Waals surface area contributed by atoms with Crippen LogP contribution in [-0.4, -0.2) is 37.2 Å². The van der Waals surface area contributed by atoms with Gasteiger partial charge in [0.2, 0.25) is 0 Å². The van der Waals surface area contributed by atoms with Crippen molar-refractivity contribution in [3.05, 3.63) is 24.3 Å². The van der Waals surface area contributed by atoms with Crippen molar-refractivity contribution in [2.24, 2.45) is 0 Å². The number of ether oxygens (including phenoxy) is 3. The van der Waals surface area contributed by atoms with Gasteiger partial charge in [0.25, 0.3) is 0 Å². The van der Waals surface area contributed by atoms with Crippen molar-refractivity contribution in [2.45, 2.75) is 277 Å². The number of allylic oxidation sites excluding steroid dienone is 4. The SMILES string of the molecule is CCCCCC/C=C\CCCCCCCC(=O)OC(COC(=O)CCCCCCCCC/C=C\CCCCCCCC)COC(=O)CCCCCCCCCCCC. The van der Waals surface area contributed by atoms with Crippen LogP contribution in [0.3, 0.4) is 0 Å². The van der Waals surface area contributed by atoms with Gasteiger partial charge < -0.3 is 14.2 Å². The number of carbonyl (C=O) groups excluding carboxylic acids is 3. The van der Waals surface area contributed by atoms with Gasteiger partial charge in [-0.15, -0.1) is 0 Å². The van der Waals surface area contributed by atoms with Crippen molar-refractivity contribution in [1.29, 1.82) is 0 Å². The molecule has 0 aromatic carbocycles. The van der Waals surface area contributed by atoms with Crippen LogP contribution in [0, 0.1) is 0 Å². The quantitative estimate of drug-likeness (QED) is 0.0263. The molecule has 0 heterocycles. The van der Waals surface area contributed by atoms with Gasteiger partial charge in [-0.3, -0.25) is 14.4 Å². The van der Waals surface area contributed by atoms with E-state index in [2.05, 4.69) is 45.1 Å². The lowest BCUT2D eigenvalue weighted by Crippen LogP contribution is -2.30. The maximum atomic E-state index is 12.7. The van der Waals surface area contributed by atoms with Gasteiger partial charge >= 0.3 is 17.9 Å². The fourth-order valence-electron chi connectivity index (χ4n) is 7.31. The van der Waals surface area contributed by atoms with Gasteiger partial charge in [-0.2, -0.15) is 0 Å². The molecule has 1 atom stereocenters. The Hall–Kier alpha value is -2.11. The van der Waals surface area contributed by atoms with Crippen LogP contribution >= 0.6 is 0 Å². The van der Waals surface area contributed by atoms with Gasteiger partial charge in [0.1, 0.15) is 13.2 Å². The number of carbonyl (C=O) groups is 3. The van der Waals surface area contributed by atoms with E-state index in [1.807, 2.05) is 0 Å². The maximum absolute atomic E-state index is 12.7. The molecule has 0 aromatic rings. The van der Waals surface area contributed by atoms with Crippen LogP contribution < -0.4 is 0 Å². The molecule has 58 heavy (non-hydrogen) atoms. The lowest BCUT2D eigenvalue weighted by atomic mass is 10.1. The Morgan fingerprint density at radius 1 is 0.328 bits per heavy atom. The average molecular weight is 817 g/mol. The lowest BCUT2D eigenvalue weighted by Gasteiger charge is -2.18. The molecule has 0 aromatic heterocycles. The van der Waals surface area contributed by atoms with E-state index in [-0.39, 0.29) is 31.1 Å². The first-order valence-electron chi connectivity index (χ1n) is 25.3. The molecule has 0 aliphatic rings. The van der Waals surface area contributed by atoms with Crippen molar-refractivity contribution in [1.82, 2.24) is 0 Å². The summed E-state index contributed by atoms with van der Waals surface area (Å²) in [4.78, 5) is 37.8. The van der Waals surface area contributed by atoms with Gasteiger partial charge in [0.15, 0.2) is 6.10 Å². The molecular weight excluding hydrogens is 721 g/mol. The number of esters is 3. The third-order valence-corrected chi connectivity index (χ3v) is 11.2. The van der Waals surface area contributed by atoms with Crippen molar-refractivity contribution in [3.63, 3.8) is 0 Å². The Balaban J connectivity index is 4.32. The standard InChI is InChI=1S/C52H96O6/c1-4-7-10-13-16-19-22-24-25-26-27-29-30-33-36-39-42-45-51(54)57-48-49(47-56-50(53)44-41-38-35-32-21-18-15-12-9-6-3)58-52(55)46-43-40-37-34-31-28-23-20-17-14-11-8-5-2/h20,23-25,49H,4-19,21-22,26-48H2,1-3H3/b23-20-,25-24-. The average Bonchev–Trinajstić information content (AvgIpc) is 3.22. The van der Waals surface area contributed by atoms with Crippen LogP contribution in [0.25, 0.3) is 0 Å². The van der Waals surface area contributed by atoms with E-state index < -0.39 is 6.10 Å². The Bertz CT molecular complexity index is 942. The summed E-state index contributed by atoms with van der Waals surface area (Å²) in [6, 6.07) is 0. The van der Waals surface area contributed by atoms with Gasteiger partial charge in [0, 0.05) is 19.3 Å². The van der Waals surface area contributed by atoms with Crippen LogP contribution in [-0.2, 0) is 28.6 Å². The first-order chi connectivity index (χ1) is 28.5. The summed E-state index contributed by atoms with van der Waals surface area (Å²) in [7, 11) is 0. The van der Waals surface area contributed by atoms with E-state index in [9.17, 15) is 14.4 Å². The van der Waals surface area contributed by atoms with Crippen LogP contribution in [0.5, 0.6) is 0 Å². The van der Waals surface area contributed by atoms with Crippen LogP contribution in [0.1, 0.15) is 271 Å². The maximum Gasteiger partial charge on any atom is 0.306 e. The highest BCUT2D eigenvalue weighted by molar-refractivity contribution is 5.71. The Morgan fingerprint density at radius 3 is 0.879 bits per heavy atom. The number of hydrogen-bond acceptors (Lipinski definition) is 6. The zero-order chi connectivity index (χ0) is 42.3. The second-order valence-electron chi connectivity index (χ2n) is 17.1. The van der Waals surface area contributed by atoms with E-state index in [1.165, 1.54) is 167 Å². The van der Waals surface area contributed by atoms with E-state index in [4.69, 9.17) is 14.2 Å². The summed E-state index contributed by atoms with van der Waals surface area (Å²) in [5.74, 6) is -0.878. The van der Waals surface area contributed by atoms with E-state index in [1.54, 1.807) is 0 Å². The molecule has 0 saturated carbocycles. The summed E-state index contributed by atoms with van der Waals surface area (Å²) >= 11 is 0. The molecule has 0 amide bonds. The van der Waals surface area contributed by atoms with Gasteiger partial charge in [-0.1, -0.05) is 206 Å². The van der Waals surface area contributed by atoms with Gasteiger partial charge in [-0.05, 0) is 70.6 Å². The second kappa shape index (κ2) is 47.6. The van der Waals surface area contributed by atoms with E-state index >= 15 is 0 Å². The summed E-state index contributed by atoms with van der Waals surface area (Å²) in [6.45, 7) is 6.61. The topological polar surface area (TPSA) is 78.9 Å². The predicted molar refractivity (Wildman–Crippen MR) is 247 cm³/mol. The molecule has 0 fully saturated rings. The third kappa shape index (κ3) is 45.0. The summed E-state index contributed by atoms with van der Waals surface area (Å²) in [6.07, 6.45) is 53.0. The van der Waals surface area contributed by atoms with E-state index in [0.717, 1.165) is 64.2 Å². The molecule has 6 heteroatoms. The highest BCUT2D eigenvalue weighted by atomic mass is 16.6. The molecule has 6 nitrogen and oxygen atoms in total. The zero-order valence-corrected chi connectivity index (χ0v) is 38.8. The predicted octanol–water partition coefficient (Wildman–Crippen LogP) is 16.4. The van der Waals surface area contributed by atoms with Crippen LogP contribution in [0.2, 0.25) is 0 Å².